The van der Waals surface area contributed by atoms with Gasteiger partial charge in [-0.25, -0.2) is 4.79 Å². The Hall–Kier alpha value is -3.30. The van der Waals surface area contributed by atoms with Crippen molar-refractivity contribution in [2.24, 2.45) is 5.73 Å². The molecule has 10 nitrogen and oxygen atoms in total. The Labute approximate surface area is 233 Å². The summed E-state index contributed by atoms with van der Waals surface area (Å²) < 4.78 is 5.36. The number of ether oxygens (including phenoxy) is 1. The number of nitrogens with zero attached hydrogens (tertiary/aromatic N) is 1. The molecule has 0 saturated carbocycles. The summed E-state index contributed by atoms with van der Waals surface area (Å²) in [6, 6.07) is 2.58. The fourth-order valence-corrected chi connectivity index (χ4v) is 4.03. The molecule has 220 valence electrons. The number of hydrogen-bond acceptors (Lipinski definition) is 6. The van der Waals surface area contributed by atoms with Crippen LogP contribution in [0, 0.1) is 6.92 Å². The minimum absolute atomic E-state index is 0.0545. The minimum Gasteiger partial charge on any atom is -0.508 e. The summed E-state index contributed by atoms with van der Waals surface area (Å²) in [5.74, 6) is -1.48. The number of hydrogen-bond donors (Lipinski definition) is 4. The number of rotatable bonds is 13. The molecule has 0 radical (unpaired) electrons. The summed E-state index contributed by atoms with van der Waals surface area (Å²) in [7, 11) is 0. The zero-order chi connectivity index (χ0) is 30.0. The molecular formula is C29H48N4O6. The Bertz CT molecular complexity index is 996. The summed E-state index contributed by atoms with van der Waals surface area (Å²) in [4.78, 5) is 53.6. The predicted molar refractivity (Wildman–Crippen MR) is 151 cm³/mol. The molecule has 39 heavy (non-hydrogen) atoms. The number of aromatic hydroxyl groups is 1. The zero-order valence-corrected chi connectivity index (χ0v) is 24.8. The number of amides is 4. The van der Waals surface area contributed by atoms with Crippen molar-refractivity contribution in [2.75, 3.05) is 6.54 Å². The van der Waals surface area contributed by atoms with Gasteiger partial charge < -0.3 is 31.1 Å². The molecule has 0 aliphatic heterocycles. The molecule has 0 fully saturated rings. The van der Waals surface area contributed by atoms with Crippen LogP contribution in [0.2, 0.25) is 0 Å². The molecule has 0 heterocycles. The van der Waals surface area contributed by atoms with E-state index in [9.17, 15) is 24.3 Å². The lowest BCUT2D eigenvalue weighted by Crippen LogP contribution is -2.55. The van der Waals surface area contributed by atoms with Gasteiger partial charge in [0, 0.05) is 18.5 Å². The monoisotopic (exact) mass is 548 g/mol. The molecule has 0 aliphatic carbocycles. The van der Waals surface area contributed by atoms with Gasteiger partial charge in [0.15, 0.2) is 0 Å². The van der Waals surface area contributed by atoms with Gasteiger partial charge in [-0.3, -0.25) is 14.4 Å². The lowest BCUT2D eigenvalue weighted by Gasteiger charge is -2.36. The number of phenols is 1. The molecule has 1 aromatic rings. The van der Waals surface area contributed by atoms with Crippen molar-refractivity contribution in [3.05, 3.63) is 29.3 Å². The van der Waals surface area contributed by atoms with E-state index in [1.165, 1.54) is 11.0 Å². The number of benzene rings is 1. The normalized spacial score (nSPS) is 13.2. The van der Waals surface area contributed by atoms with E-state index in [0.29, 0.717) is 17.5 Å². The lowest BCUT2D eigenvalue weighted by atomic mass is 9.97. The number of nitrogens with two attached hydrogens (primary N) is 1. The third-order valence-corrected chi connectivity index (χ3v) is 5.80. The van der Waals surface area contributed by atoms with E-state index in [-0.39, 0.29) is 25.1 Å². The van der Waals surface area contributed by atoms with E-state index >= 15 is 0 Å². The lowest BCUT2D eigenvalue weighted by molar-refractivity contribution is -0.143. The van der Waals surface area contributed by atoms with Gasteiger partial charge >= 0.3 is 6.09 Å². The molecule has 5 N–H and O–H groups in total. The summed E-state index contributed by atoms with van der Waals surface area (Å²) in [6.45, 7) is 14.7. The van der Waals surface area contributed by atoms with Crippen LogP contribution in [0.15, 0.2) is 18.2 Å². The number of carbonyl (C=O) groups excluding carboxylic acids is 4. The predicted octanol–water partition coefficient (Wildman–Crippen LogP) is 4.22. The Balaban J connectivity index is 3.59. The summed E-state index contributed by atoms with van der Waals surface area (Å²) in [5, 5.41) is 15.7. The van der Waals surface area contributed by atoms with E-state index in [2.05, 4.69) is 17.6 Å². The first-order valence-corrected chi connectivity index (χ1v) is 13.6. The van der Waals surface area contributed by atoms with Crippen LogP contribution in [0.1, 0.15) is 104 Å². The van der Waals surface area contributed by atoms with Gasteiger partial charge in [0.2, 0.25) is 17.7 Å². The molecule has 10 heteroatoms. The summed E-state index contributed by atoms with van der Waals surface area (Å²) in [5.41, 5.74) is 5.04. The Morgan fingerprint density at radius 3 is 2.21 bits per heavy atom. The van der Waals surface area contributed by atoms with Crippen molar-refractivity contribution in [2.45, 2.75) is 117 Å². The summed E-state index contributed by atoms with van der Waals surface area (Å²) >= 11 is 0. The maximum absolute atomic E-state index is 14.1. The van der Waals surface area contributed by atoms with Crippen LogP contribution in [0.4, 0.5) is 4.79 Å². The minimum atomic E-state index is -1.15. The molecule has 0 bridgehead atoms. The number of primary amides is 1. The fraction of sp³-hybridized carbons (Fsp3) is 0.655. The van der Waals surface area contributed by atoms with Crippen molar-refractivity contribution in [1.29, 1.82) is 0 Å². The van der Waals surface area contributed by atoms with Crippen LogP contribution in [-0.2, 0) is 19.1 Å². The van der Waals surface area contributed by atoms with Gasteiger partial charge in [-0.1, -0.05) is 32.3 Å². The highest BCUT2D eigenvalue weighted by atomic mass is 16.6. The molecule has 2 atom stereocenters. The van der Waals surface area contributed by atoms with Crippen LogP contribution in [-0.4, -0.2) is 57.5 Å². The van der Waals surface area contributed by atoms with Crippen LogP contribution in [0.25, 0.3) is 0 Å². The Morgan fingerprint density at radius 2 is 1.69 bits per heavy atom. The van der Waals surface area contributed by atoms with Crippen LogP contribution in [0.5, 0.6) is 5.75 Å². The van der Waals surface area contributed by atoms with Crippen molar-refractivity contribution < 1.29 is 29.0 Å². The van der Waals surface area contributed by atoms with E-state index in [1.807, 2.05) is 20.8 Å². The third-order valence-electron chi connectivity index (χ3n) is 5.80. The van der Waals surface area contributed by atoms with Crippen LogP contribution >= 0.6 is 0 Å². The topological polar surface area (TPSA) is 151 Å². The van der Waals surface area contributed by atoms with Crippen LogP contribution in [0.3, 0.4) is 0 Å². The van der Waals surface area contributed by atoms with Gasteiger partial charge in [0.05, 0.1) is 0 Å². The molecule has 0 saturated heterocycles. The number of nitrogens with one attached hydrogen (secondary N) is 2. The number of unbranched alkanes of at least 4 members (excludes halogenated alkanes) is 3. The fourth-order valence-electron chi connectivity index (χ4n) is 4.03. The van der Waals surface area contributed by atoms with E-state index in [0.717, 1.165) is 19.3 Å². The van der Waals surface area contributed by atoms with Crippen molar-refractivity contribution in [3.63, 3.8) is 0 Å². The third kappa shape index (κ3) is 12.4. The second kappa shape index (κ2) is 14.7. The average molecular weight is 549 g/mol. The van der Waals surface area contributed by atoms with Crippen LogP contribution < -0.4 is 16.4 Å². The SMILES string of the molecule is CCCCCCN(C(=O)C(CCC(N)=O)NC(=O)OC(C)(C)C)C(C(=O)NC(C)(C)C)c1ccc(O)c(C)c1. The maximum Gasteiger partial charge on any atom is 0.408 e. The molecular weight excluding hydrogens is 500 g/mol. The van der Waals surface area contributed by atoms with E-state index < -0.39 is 47.0 Å². The number of aryl methyl sites for hydroxylation is 1. The van der Waals surface area contributed by atoms with Gasteiger partial charge in [-0.2, -0.15) is 0 Å². The smallest absolute Gasteiger partial charge is 0.408 e. The first-order valence-electron chi connectivity index (χ1n) is 13.6. The highest BCUT2D eigenvalue weighted by molar-refractivity contribution is 5.92. The number of carbonyl (C=O) groups is 4. The van der Waals surface area contributed by atoms with Crippen molar-refractivity contribution in [1.82, 2.24) is 15.5 Å². The molecule has 0 aliphatic rings. The van der Waals surface area contributed by atoms with Gasteiger partial charge in [-0.15, -0.1) is 0 Å². The average Bonchev–Trinajstić information content (AvgIpc) is 2.77. The van der Waals surface area contributed by atoms with Crippen molar-refractivity contribution in [3.8, 4) is 5.75 Å². The highest BCUT2D eigenvalue weighted by Crippen LogP contribution is 2.28. The Morgan fingerprint density at radius 1 is 1.05 bits per heavy atom. The Kier molecular flexibility index (Phi) is 12.8. The second-order valence-corrected chi connectivity index (χ2v) is 12.0. The first kappa shape index (κ1) is 33.7. The molecule has 4 amide bonds. The highest BCUT2D eigenvalue weighted by Gasteiger charge is 2.37. The van der Waals surface area contributed by atoms with E-state index in [4.69, 9.17) is 10.5 Å². The molecule has 0 spiro atoms. The quantitative estimate of drug-likeness (QED) is 0.271. The molecule has 1 aromatic carbocycles. The number of phenolic OH excluding ortho intramolecular Hbond substituents is 1. The zero-order valence-electron chi connectivity index (χ0n) is 24.8. The van der Waals surface area contributed by atoms with Crippen molar-refractivity contribution >= 4 is 23.8 Å². The molecule has 2 unspecified atom stereocenters. The maximum atomic E-state index is 14.1. The largest absolute Gasteiger partial charge is 0.508 e. The molecule has 0 aromatic heterocycles. The molecule has 1 rings (SSSR count). The number of alkyl carbamates (subject to hydrolysis) is 1. The first-order chi connectivity index (χ1) is 17.9. The second-order valence-electron chi connectivity index (χ2n) is 12.0. The standard InChI is InChI=1S/C29H48N4O6/c1-9-10-11-12-17-33(26(37)21(14-16-23(30)35)31-27(38)39-29(6,7)8)24(25(36)32-28(3,4)5)20-13-15-22(34)19(2)18-20/h13,15,18,21,24,34H,9-12,14,16-17H2,1-8H3,(H2,30,35)(H,31,38)(H,32,36). The van der Waals surface area contributed by atoms with Gasteiger partial charge in [0.25, 0.3) is 0 Å². The van der Waals surface area contributed by atoms with Gasteiger partial charge in [0.1, 0.15) is 23.4 Å². The van der Waals surface area contributed by atoms with Gasteiger partial charge in [-0.05, 0) is 84.6 Å². The van der Waals surface area contributed by atoms with E-state index in [1.54, 1.807) is 39.8 Å². The summed E-state index contributed by atoms with van der Waals surface area (Å²) in [6.07, 6.45) is 2.40.